The first-order valence-electron chi connectivity index (χ1n) is 6.51. The molecular formula is C15H14BrFN2O. The minimum atomic E-state index is -0.391. The van der Waals surface area contributed by atoms with Crippen LogP contribution in [0.1, 0.15) is 18.4 Å². The van der Waals surface area contributed by atoms with Crippen molar-refractivity contribution in [3.05, 3.63) is 52.5 Å². The fourth-order valence-electron chi connectivity index (χ4n) is 1.86. The second-order valence-corrected chi connectivity index (χ2v) is 5.73. The maximum Gasteiger partial charge on any atom is 0.165 e. The van der Waals surface area contributed by atoms with Gasteiger partial charge in [-0.05, 0) is 37.1 Å². The summed E-state index contributed by atoms with van der Waals surface area (Å²) in [4.78, 5) is 4.05. The molecule has 0 amide bonds. The van der Waals surface area contributed by atoms with Crippen LogP contribution in [0, 0.1) is 5.82 Å². The van der Waals surface area contributed by atoms with Gasteiger partial charge in [-0.25, -0.2) is 4.39 Å². The van der Waals surface area contributed by atoms with Crippen LogP contribution in [0.2, 0.25) is 0 Å². The number of rotatable bonds is 5. The van der Waals surface area contributed by atoms with Gasteiger partial charge in [-0.15, -0.1) is 0 Å². The van der Waals surface area contributed by atoms with Gasteiger partial charge < -0.3 is 10.1 Å². The van der Waals surface area contributed by atoms with Crippen molar-refractivity contribution >= 4 is 15.9 Å². The molecule has 0 radical (unpaired) electrons. The number of hydrogen-bond donors (Lipinski definition) is 1. The van der Waals surface area contributed by atoms with Crippen LogP contribution in [0.15, 0.2) is 41.1 Å². The monoisotopic (exact) mass is 336 g/mol. The van der Waals surface area contributed by atoms with Crippen molar-refractivity contribution < 1.29 is 9.13 Å². The van der Waals surface area contributed by atoms with E-state index in [-0.39, 0.29) is 5.75 Å². The van der Waals surface area contributed by atoms with Gasteiger partial charge in [-0.2, -0.15) is 0 Å². The maximum absolute atomic E-state index is 13.7. The third-order valence-corrected chi connectivity index (χ3v) is 3.64. The highest BCUT2D eigenvalue weighted by Gasteiger charge is 2.20. The molecule has 1 aliphatic rings. The van der Waals surface area contributed by atoms with E-state index in [0.717, 1.165) is 10.0 Å². The molecule has 0 aliphatic heterocycles. The number of aromatic nitrogens is 1. The first kappa shape index (κ1) is 13.5. The quantitative estimate of drug-likeness (QED) is 0.895. The molecule has 0 spiro atoms. The summed E-state index contributed by atoms with van der Waals surface area (Å²) in [6, 6.07) is 7.12. The molecular weight excluding hydrogens is 323 g/mol. The van der Waals surface area contributed by atoms with Crippen LogP contribution < -0.4 is 10.1 Å². The Morgan fingerprint density at radius 1 is 1.30 bits per heavy atom. The predicted octanol–water partition coefficient (Wildman–Crippen LogP) is 4.03. The van der Waals surface area contributed by atoms with E-state index in [4.69, 9.17) is 4.74 Å². The summed E-state index contributed by atoms with van der Waals surface area (Å²) < 4.78 is 20.2. The molecule has 1 aromatic carbocycles. The topological polar surface area (TPSA) is 34.1 Å². The van der Waals surface area contributed by atoms with Crippen molar-refractivity contribution in [2.75, 3.05) is 0 Å². The van der Waals surface area contributed by atoms with Gasteiger partial charge in [-0.3, -0.25) is 4.98 Å². The molecule has 1 aromatic heterocycles. The molecule has 3 nitrogen and oxygen atoms in total. The van der Waals surface area contributed by atoms with Crippen LogP contribution >= 0.6 is 15.9 Å². The van der Waals surface area contributed by atoms with Gasteiger partial charge in [0.1, 0.15) is 5.75 Å². The van der Waals surface area contributed by atoms with Crippen LogP contribution in [0.3, 0.4) is 0 Å². The second-order valence-electron chi connectivity index (χ2n) is 4.82. The van der Waals surface area contributed by atoms with Gasteiger partial charge in [0.2, 0.25) is 0 Å². The van der Waals surface area contributed by atoms with E-state index in [0.29, 0.717) is 18.3 Å². The van der Waals surface area contributed by atoms with Crippen molar-refractivity contribution in [3.8, 4) is 11.5 Å². The molecule has 2 aromatic rings. The lowest BCUT2D eigenvalue weighted by atomic mass is 10.2. The van der Waals surface area contributed by atoms with Gasteiger partial charge in [0.15, 0.2) is 11.6 Å². The lowest BCUT2D eigenvalue weighted by molar-refractivity contribution is 0.433. The van der Waals surface area contributed by atoms with E-state index < -0.39 is 5.82 Å². The highest BCUT2D eigenvalue weighted by atomic mass is 79.9. The molecule has 3 rings (SSSR count). The Labute approximate surface area is 125 Å². The lowest BCUT2D eigenvalue weighted by Gasteiger charge is -2.12. The average molecular weight is 337 g/mol. The summed E-state index contributed by atoms with van der Waals surface area (Å²) in [6.07, 6.45) is 5.78. The molecule has 1 heterocycles. The van der Waals surface area contributed by atoms with Gasteiger partial charge in [0.25, 0.3) is 0 Å². The second kappa shape index (κ2) is 5.89. The van der Waals surface area contributed by atoms with E-state index in [1.807, 2.05) is 6.07 Å². The van der Waals surface area contributed by atoms with Crippen LogP contribution in [-0.4, -0.2) is 11.0 Å². The van der Waals surface area contributed by atoms with E-state index in [2.05, 4.69) is 26.2 Å². The van der Waals surface area contributed by atoms with Gasteiger partial charge in [0, 0.05) is 28.8 Å². The van der Waals surface area contributed by atoms with E-state index in [9.17, 15) is 4.39 Å². The normalized spacial score (nSPS) is 14.3. The van der Waals surface area contributed by atoms with E-state index in [1.54, 1.807) is 24.5 Å². The van der Waals surface area contributed by atoms with Gasteiger partial charge >= 0.3 is 0 Å². The molecule has 20 heavy (non-hydrogen) atoms. The highest BCUT2D eigenvalue weighted by molar-refractivity contribution is 9.10. The van der Waals surface area contributed by atoms with Gasteiger partial charge in [-0.1, -0.05) is 15.9 Å². The number of pyridine rings is 1. The van der Waals surface area contributed by atoms with Gasteiger partial charge in [0.05, 0.1) is 6.20 Å². The summed E-state index contributed by atoms with van der Waals surface area (Å²) in [7, 11) is 0. The molecule has 0 saturated heterocycles. The summed E-state index contributed by atoms with van der Waals surface area (Å²) >= 11 is 3.31. The van der Waals surface area contributed by atoms with Crippen LogP contribution in [0.25, 0.3) is 0 Å². The number of halogens is 2. The van der Waals surface area contributed by atoms with Crippen LogP contribution in [-0.2, 0) is 6.54 Å². The minimum absolute atomic E-state index is 0.194. The molecule has 1 N–H and O–H groups in total. The minimum Gasteiger partial charge on any atom is -0.452 e. The average Bonchev–Trinajstić information content (AvgIpc) is 3.26. The standard InChI is InChI=1S/C15H14BrFN2O/c16-11-1-4-13(17)14(7-11)20-15-9-18-6-5-10(15)8-19-12-2-3-12/h1,4-7,9,12,19H,2-3,8H2. The summed E-state index contributed by atoms with van der Waals surface area (Å²) in [5, 5.41) is 3.41. The molecule has 0 unspecified atom stereocenters. The Balaban J connectivity index is 1.80. The fourth-order valence-corrected chi connectivity index (χ4v) is 2.20. The van der Waals surface area contributed by atoms with Crippen molar-refractivity contribution in [2.24, 2.45) is 0 Å². The Hall–Kier alpha value is -1.46. The molecule has 1 saturated carbocycles. The first-order valence-corrected chi connectivity index (χ1v) is 7.31. The Kier molecular flexibility index (Phi) is 3.98. The van der Waals surface area contributed by atoms with Crippen molar-refractivity contribution in [1.29, 1.82) is 0 Å². The number of benzene rings is 1. The molecule has 0 atom stereocenters. The predicted molar refractivity (Wildman–Crippen MR) is 78.3 cm³/mol. The Morgan fingerprint density at radius 3 is 2.95 bits per heavy atom. The van der Waals surface area contributed by atoms with E-state index in [1.165, 1.54) is 18.9 Å². The fraction of sp³-hybridized carbons (Fsp3) is 0.267. The number of ether oxygens (including phenoxy) is 1. The number of nitrogens with zero attached hydrogens (tertiary/aromatic N) is 1. The zero-order chi connectivity index (χ0) is 13.9. The SMILES string of the molecule is Fc1ccc(Br)cc1Oc1cnccc1CNC1CC1. The molecule has 5 heteroatoms. The van der Waals surface area contributed by atoms with E-state index >= 15 is 0 Å². The summed E-state index contributed by atoms with van der Waals surface area (Å²) in [6.45, 7) is 0.706. The number of nitrogens with one attached hydrogen (secondary N) is 1. The van der Waals surface area contributed by atoms with Crippen molar-refractivity contribution in [3.63, 3.8) is 0 Å². The van der Waals surface area contributed by atoms with Crippen LogP contribution in [0.5, 0.6) is 11.5 Å². The Morgan fingerprint density at radius 2 is 2.15 bits per heavy atom. The third-order valence-electron chi connectivity index (χ3n) is 3.14. The molecule has 0 bridgehead atoms. The lowest BCUT2D eigenvalue weighted by Crippen LogP contribution is -2.15. The zero-order valence-corrected chi connectivity index (χ0v) is 12.4. The summed E-state index contributed by atoms with van der Waals surface area (Å²) in [5.74, 6) is 0.385. The van der Waals surface area contributed by atoms with Crippen LogP contribution in [0.4, 0.5) is 4.39 Å². The first-order chi connectivity index (χ1) is 9.72. The zero-order valence-electron chi connectivity index (χ0n) is 10.8. The molecule has 1 aliphatic carbocycles. The smallest absolute Gasteiger partial charge is 0.165 e. The largest absolute Gasteiger partial charge is 0.452 e. The Bertz CT molecular complexity index is 617. The third kappa shape index (κ3) is 3.35. The molecule has 1 fully saturated rings. The molecule has 104 valence electrons. The maximum atomic E-state index is 13.7. The highest BCUT2D eigenvalue weighted by Crippen LogP contribution is 2.29. The van der Waals surface area contributed by atoms with Crippen molar-refractivity contribution in [2.45, 2.75) is 25.4 Å². The summed E-state index contributed by atoms with van der Waals surface area (Å²) in [5.41, 5.74) is 0.978. The van der Waals surface area contributed by atoms with Crippen molar-refractivity contribution in [1.82, 2.24) is 10.3 Å². The number of hydrogen-bond acceptors (Lipinski definition) is 3.